The van der Waals surface area contributed by atoms with Crippen LogP contribution in [0.15, 0.2) is 12.5 Å². The van der Waals surface area contributed by atoms with E-state index in [0.29, 0.717) is 13.0 Å². The topological polar surface area (TPSA) is 81.0 Å². The Kier molecular flexibility index (Phi) is 4.89. The molecule has 0 saturated heterocycles. The predicted molar refractivity (Wildman–Crippen MR) is 69.4 cm³/mol. The van der Waals surface area contributed by atoms with Crippen molar-refractivity contribution in [2.45, 2.75) is 38.1 Å². The van der Waals surface area contributed by atoms with E-state index >= 15 is 0 Å². The van der Waals surface area contributed by atoms with E-state index < -0.39 is 14.1 Å². The van der Waals surface area contributed by atoms with Gasteiger partial charge in [0.05, 0.1) is 18.6 Å². The van der Waals surface area contributed by atoms with Crippen molar-refractivity contribution in [1.29, 1.82) is 0 Å². The maximum atomic E-state index is 11.6. The summed E-state index contributed by atoms with van der Waals surface area (Å²) in [6.45, 7) is 7.20. The smallest absolute Gasteiger partial charge is 0.323 e. The lowest BCUT2D eigenvalue weighted by molar-refractivity contribution is -0.144. The van der Waals surface area contributed by atoms with Crippen LogP contribution in [0.3, 0.4) is 0 Å². The molecule has 3 N–H and O–H groups in total. The summed E-state index contributed by atoms with van der Waals surface area (Å²) in [5, 5.41) is 0. The maximum absolute atomic E-state index is 11.6. The number of H-pyrrole nitrogens is 1. The van der Waals surface area contributed by atoms with Gasteiger partial charge in [-0.1, -0.05) is 19.6 Å². The number of esters is 1. The van der Waals surface area contributed by atoms with Crippen LogP contribution in [0.2, 0.25) is 25.7 Å². The predicted octanol–water partition coefficient (Wildman–Crippen LogP) is 1.16. The number of carbonyl (C=O) groups excluding carboxylic acids is 1. The molecule has 1 atom stereocenters. The van der Waals surface area contributed by atoms with E-state index in [1.807, 2.05) is 0 Å². The van der Waals surface area contributed by atoms with Crippen molar-refractivity contribution in [3.63, 3.8) is 0 Å². The molecule has 0 radical (unpaired) electrons. The Labute approximate surface area is 103 Å². The second kappa shape index (κ2) is 5.97. The monoisotopic (exact) mass is 255 g/mol. The van der Waals surface area contributed by atoms with E-state index in [1.54, 1.807) is 12.5 Å². The highest BCUT2D eigenvalue weighted by Crippen LogP contribution is 2.08. The second-order valence-corrected chi connectivity index (χ2v) is 11.0. The Balaban J connectivity index is 2.28. The van der Waals surface area contributed by atoms with Crippen LogP contribution in [0.4, 0.5) is 0 Å². The van der Waals surface area contributed by atoms with Crippen LogP contribution < -0.4 is 5.73 Å². The second-order valence-electron chi connectivity index (χ2n) is 5.35. The van der Waals surface area contributed by atoms with Crippen LogP contribution >= 0.6 is 0 Å². The Morgan fingerprint density at radius 1 is 1.59 bits per heavy atom. The third-order valence-electron chi connectivity index (χ3n) is 2.38. The zero-order valence-electron chi connectivity index (χ0n) is 10.7. The summed E-state index contributed by atoms with van der Waals surface area (Å²) in [7, 11) is -1.16. The number of carbonyl (C=O) groups is 1. The van der Waals surface area contributed by atoms with Crippen LogP contribution in [0.25, 0.3) is 0 Å². The molecule has 0 amide bonds. The molecule has 0 spiro atoms. The first-order valence-corrected chi connectivity index (χ1v) is 9.49. The van der Waals surface area contributed by atoms with Crippen molar-refractivity contribution in [1.82, 2.24) is 9.97 Å². The molecule has 1 aromatic rings. The molecule has 5 nitrogen and oxygen atoms in total. The standard InChI is InChI=1S/C11H21N3O2Si/c1-17(2,3)5-4-16-11(15)10(12)6-9-7-13-8-14-9/h7-8,10H,4-6,12H2,1-3H3,(H,13,14). The Hall–Kier alpha value is -1.14. The van der Waals surface area contributed by atoms with Gasteiger partial charge in [0.15, 0.2) is 0 Å². The van der Waals surface area contributed by atoms with Gasteiger partial charge in [0.2, 0.25) is 0 Å². The van der Waals surface area contributed by atoms with Gasteiger partial charge in [-0.2, -0.15) is 0 Å². The zero-order chi connectivity index (χ0) is 12.9. The molecule has 1 heterocycles. The molecule has 0 saturated carbocycles. The number of nitrogens with one attached hydrogen (secondary N) is 1. The van der Waals surface area contributed by atoms with Gasteiger partial charge in [-0.15, -0.1) is 0 Å². The molecule has 6 heteroatoms. The molecule has 0 aliphatic rings. The summed E-state index contributed by atoms with van der Waals surface area (Å²) in [6, 6.07) is 0.341. The molecule has 96 valence electrons. The summed E-state index contributed by atoms with van der Waals surface area (Å²) in [5.41, 5.74) is 6.52. The van der Waals surface area contributed by atoms with E-state index in [2.05, 4.69) is 29.6 Å². The van der Waals surface area contributed by atoms with Crippen molar-refractivity contribution >= 4 is 14.0 Å². The minimum atomic E-state index is -1.16. The van der Waals surface area contributed by atoms with Gasteiger partial charge in [0.25, 0.3) is 0 Å². The first-order chi connectivity index (χ1) is 7.88. The minimum Gasteiger partial charge on any atom is -0.465 e. The number of ether oxygens (including phenoxy) is 1. The summed E-state index contributed by atoms with van der Waals surface area (Å²) in [4.78, 5) is 18.4. The van der Waals surface area contributed by atoms with Gasteiger partial charge < -0.3 is 15.5 Å². The van der Waals surface area contributed by atoms with Crippen molar-refractivity contribution in [3.05, 3.63) is 18.2 Å². The van der Waals surface area contributed by atoms with Crippen LogP contribution in [-0.4, -0.2) is 36.7 Å². The first kappa shape index (κ1) is 13.9. The summed E-state index contributed by atoms with van der Waals surface area (Å²) >= 11 is 0. The Bertz CT molecular complexity index is 346. The molecule has 17 heavy (non-hydrogen) atoms. The summed E-state index contributed by atoms with van der Waals surface area (Å²) < 4.78 is 5.16. The largest absolute Gasteiger partial charge is 0.465 e. The number of hydrogen-bond acceptors (Lipinski definition) is 4. The lowest BCUT2D eigenvalue weighted by Gasteiger charge is -2.16. The van der Waals surface area contributed by atoms with E-state index in [0.717, 1.165) is 11.7 Å². The summed E-state index contributed by atoms with van der Waals surface area (Å²) in [6.07, 6.45) is 3.71. The van der Waals surface area contributed by atoms with Crippen LogP contribution in [0.1, 0.15) is 5.69 Å². The third kappa shape index (κ3) is 5.65. The summed E-state index contributed by atoms with van der Waals surface area (Å²) in [5.74, 6) is -0.341. The molecular formula is C11H21N3O2Si. The van der Waals surface area contributed by atoms with Crippen molar-refractivity contribution in [2.75, 3.05) is 6.61 Å². The Morgan fingerprint density at radius 3 is 2.82 bits per heavy atom. The van der Waals surface area contributed by atoms with E-state index in [9.17, 15) is 4.79 Å². The van der Waals surface area contributed by atoms with Gasteiger partial charge in [-0.25, -0.2) is 4.98 Å². The molecule has 0 aromatic carbocycles. The highest BCUT2D eigenvalue weighted by Gasteiger charge is 2.18. The number of nitrogens with zero attached hydrogens (tertiary/aromatic N) is 1. The van der Waals surface area contributed by atoms with Crippen molar-refractivity contribution in [2.24, 2.45) is 5.73 Å². The number of rotatable bonds is 6. The molecule has 1 rings (SSSR count). The molecular weight excluding hydrogens is 234 g/mol. The molecule has 0 aliphatic heterocycles. The molecule has 0 aliphatic carbocycles. The van der Waals surface area contributed by atoms with Crippen molar-refractivity contribution < 1.29 is 9.53 Å². The molecule has 1 unspecified atom stereocenters. The number of aromatic amines is 1. The van der Waals surface area contributed by atoms with Gasteiger partial charge >= 0.3 is 5.97 Å². The highest BCUT2D eigenvalue weighted by atomic mass is 28.3. The Morgan fingerprint density at radius 2 is 2.29 bits per heavy atom. The van der Waals surface area contributed by atoms with E-state index in [1.165, 1.54) is 0 Å². The average Bonchev–Trinajstić information content (AvgIpc) is 2.68. The average molecular weight is 255 g/mol. The fourth-order valence-corrected chi connectivity index (χ4v) is 1.99. The SMILES string of the molecule is C[Si](C)(C)CCOC(=O)C(N)Cc1c[nH]cn1. The third-order valence-corrected chi connectivity index (χ3v) is 4.09. The fraction of sp³-hybridized carbons (Fsp3) is 0.636. The number of imidazole rings is 1. The van der Waals surface area contributed by atoms with Crippen molar-refractivity contribution in [3.8, 4) is 0 Å². The maximum Gasteiger partial charge on any atom is 0.323 e. The fourth-order valence-electron chi connectivity index (χ4n) is 1.28. The quantitative estimate of drug-likeness (QED) is 0.590. The number of hydrogen-bond donors (Lipinski definition) is 2. The molecule has 0 fully saturated rings. The number of aromatic nitrogens is 2. The van der Waals surface area contributed by atoms with Crippen LogP contribution in [-0.2, 0) is 16.0 Å². The van der Waals surface area contributed by atoms with Gasteiger partial charge in [0.1, 0.15) is 6.04 Å². The molecule has 0 bridgehead atoms. The first-order valence-electron chi connectivity index (χ1n) is 5.78. The lowest BCUT2D eigenvalue weighted by atomic mass is 10.2. The zero-order valence-corrected chi connectivity index (χ0v) is 11.7. The van der Waals surface area contributed by atoms with Crippen LogP contribution in [0.5, 0.6) is 0 Å². The van der Waals surface area contributed by atoms with Gasteiger partial charge in [-0.05, 0) is 6.04 Å². The van der Waals surface area contributed by atoms with Gasteiger partial charge in [-0.3, -0.25) is 4.79 Å². The van der Waals surface area contributed by atoms with E-state index in [4.69, 9.17) is 10.5 Å². The molecule has 1 aromatic heterocycles. The van der Waals surface area contributed by atoms with E-state index in [-0.39, 0.29) is 5.97 Å². The van der Waals surface area contributed by atoms with Gasteiger partial charge in [0, 0.05) is 20.7 Å². The number of nitrogens with two attached hydrogens (primary N) is 1. The highest BCUT2D eigenvalue weighted by molar-refractivity contribution is 6.76. The minimum absolute atomic E-state index is 0.341. The van der Waals surface area contributed by atoms with Crippen LogP contribution in [0, 0.1) is 0 Å². The normalized spacial score (nSPS) is 13.4. The lowest BCUT2D eigenvalue weighted by Crippen LogP contribution is -2.35.